The summed E-state index contributed by atoms with van der Waals surface area (Å²) in [5.74, 6) is -0.175. The molecular formula is C24H17F. The molecule has 0 saturated heterocycles. The van der Waals surface area contributed by atoms with Gasteiger partial charge in [0.25, 0.3) is 0 Å². The van der Waals surface area contributed by atoms with E-state index in [1.54, 1.807) is 12.1 Å². The second-order valence-corrected chi connectivity index (χ2v) is 6.71. The quantitative estimate of drug-likeness (QED) is 0.332. The SMILES string of the molecule is Fc1ccc(CCc2ccc3ccc4cccc5ccc2c3c45)cc1. The number of hydrogen-bond acceptors (Lipinski definition) is 0. The van der Waals surface area contributed by atoms with Crippen LogP contribution < -0.4 is 0 Å². The topological polar surface area (TPSA) is 0 Å². The second kappa shape index (κ2) is 5.56. The highest BCUT2D eigenvalue weighted by Gasteiger charge is 2.10. The van der Waals surface area contributed by atoms with Crippen molar-refractivity contribution in [3.8, 4) is 0 Å². The fourth-order valence-electron chi connectivity index (χ4n) is 3.94. The van der Waals surface area contributed by atoms with Crippen LogP contribution in [-0.2, 0) is 12.8 Å². The van der Waals surface area contributed by atoms with Crippen molar-refractivity contribution >= 4 is 32.3 Å². The van der Waals surface area contributed by atoms with Crippen molar-refractivity contribution in [2.24, 2.45) is 0 Å². The number of hydrogen-bond donors (Lipinski definition) is 0. The average Bonchev–Trinajstić information content (AvgIpc) is 2.66. The van der Waals surface area contributed by atoms with Crippen LogP contribution in [0.15, 0.2) is 78.9 Å². The van der Waals surface area contributed by atoms with Crippen molar-refractivity contribution in [2.45, 2.75) is 12.8 Å². The molecule has 0 atom stereocenters. The average molecular weight is 324 g/mol. The van der Waals surface area contributed by atoms with Gasteiger partial charge in [-0.3, -0.25) is 0 Å². The number of aryl methyl sites for hydroxylation is 2. The minimum absolute atomic E-state index is 0.175. The van der Waals surface area contributed by atoms with Crippen molar-refractivity contribution in [2.75, 3.05) is 0 Å². The molecule has 0 amide bonds. The van der Waals surface area contributed by atoms with Crippen LogP contribution in [0, 0.1) is 5.82 Å². The molecule has 0 radical (unpaired) electrons. The van der Waals surface area contributed by atoms with E-state index in [1.807, 2.05) is 12.1 Å². The van der Waals surface area contributed by atoms with Crippen molar-refractivity contribution in [1.82, 2.24) is 0 Å². The molecule has 0 nitrogen and oxygen atoms in total. The fraction of sp³-hybridized carbons (Fsp3) is 0.0833. The maximum Gasteiger partial charge on any atom is 0.123 e. The zero-order chi connectivity index (χ0) is 16.8. The van der Waals surface area contributed by atoms with E-state index in [9.17, 15) is 4.39 Å². The van der Waals surface area contributed by atoms with Crippen LogP contribution in [0.4, 0.5) is 4.39 Å². The van der Waals surface area contributed by atoms with E-state index < -0.39 is 0 Å². The minimum atomic E-state index is -0.175. The van der Waals surface area contributed by atoms with Crippen LogP contribution in [0.3, 0.4) is 0 Å². The summed E-state index contributed by atoms with van der Waals surface area (Å²) in [6.45, 7) is 0. The zero-order valence-corrected chi connectivity index (χ0v) is 13.8. The molecule has 0 saturated carbocycles. The lowest BCUT2D eigenvalue weighted by molar-refractivity contribution is 0.627. The molecule has 0 unspecified atom stereocenters. The third kappa shape index (κ3) is 2.35. The van der Waals surface area contributed by atoms with Crippen molar-refractivity contribution in [3.63, 3.8) is 0 Å². The molecule has 0 aromatic heterocycles. The van der Waals surface area contributed by atoms with E-state index in [2.05, 4.69) is 54.6 Å². The van der Waals surface area contributed by atoms with Gasteiger partial charge in [-0.2, -0.15) is 0 Å². The summed E-state index contributed by atoms with van der Waals surface area (Å²) in [4.78, 5) is 0. The van der Waals surface area contributed by atoms with E-state index in [0.717, 1.165) is 12.8 Å². The van der Waals surface area contributed by atoms with Gasteiger partial charge in [0.2, 0.25) is 0 Å². The van der Waals surface area contributed by atoms with Crippen molar-refractivity contribution < 1.29 is 4.39 Å². The van der Waals surface area contributed by atoms with E-state index in [-0.39, 0.29) is 5.82 Å². The molecule has 25 heavy (non-hydrogen) atoms. The fourth-order valence-corrected chi connectivity index (χ4v) is 3.94. The Hall–Kier alpha value is -2.93. The van der Waals surface area contributed by atoms with Gasteiger partial charge in [0.1, 0.15) is 5.82 Å². The summed E-state index contributed by atoms with van der Waals surface area (Å²) in [6.07, 6.45) is 1.88. The predicted octanol–water partition coefficient (Wildman–Crippen LogP) is 6.51. The third-order valence-electron chi connectivity index (χ3n) is 5.22. The Labute approximate surface area is 145 Å². The monoisotopic (exact) mass is 324 g/mol. The highest BCUT2D eigenvalue weighted by atomic mass is 19.1. The van der Waals surface area contributed by atoms with E-state index >= 15 is 0 Å². The summed E-state index contributed by atoms with van der Waals surface area (Å²) < 4.78 is 13.1. The van der Waals surface area contributed by atoms with Gasteiger partial charge < -0.3 is 0 Å². The molecule has 0 aliphatic rings. The summed E-state index contributed by atoms with van der Waals surface area (Å²) in [5.41, 5.74) is 2.53. The Morgan fingerprint density at radius 3 is 1.96 bits per heavy atom. The Balaban J connectivity index is 1.64. The molecule has 0 spiro atoms. The van der Waals surface area contributed by atoms with Crippen molar-refractivity contribution in [1.29, 1.82) is 0 Å². The van der Waals surface area contributed by atoms with Crippen LogP contribution in [0.1, 0.15) is 11.1 Å². The minimum Gasteiger partial charge on any atom is -0.207 e. The van der Waals surface area contributed by atoms with Crippen LogP contribution in [0.2, 0.25) is 0 Å². The molecule has 1 heteroatoms. The van der Waals surface area contributed by atoms with Crippen LogP contribution >= 0.6 is 0 Å². The number of benzene rings is 5. The zero-order valence-electron chi connectivity index (χ0n) is 13.8. The summed E-state index contributed by atoms with van der Waals surface area (Å²) in [6, 6.07) is 26.7. The van der Waals surface area contributed by atoms with Gasteiger partial charge in [-0.05, 0) is 68.4 Å². The molecule has 0 N–H and O–H groups in total. The summed E-state index contributed by atoms with van der Waals surface area (Å²) in [7, 11) is 0. The largest absolute Gasteiger partial charge is 0.207 e. The van der Waals surface area contributed by atoms with Gasteiger partial charge in [0, 0.05) is 0 Å². The Morgan fingerprint density at radius 2 is 1.20 bits per heavy atom. The first-order valence-corrected chi connectivity index (χ1v) is 8.69. The van der Waals surface area contributed by atoms with Gasteiger partial charge in [-0.25, -0.2) is 4.39 Å². The molecule has 5 aromatic carbocycles. The highest BCUT2D eigenvalue weighted by Crippen LogP contribution is 2.36. The van der Waals surface area contributed by atoms with Gasteiger partial charge in [0.05, 0.1) is 0 Å². The van der Waals surface area contributed by atoms with Gasteiger partial charge in [-0.15, -0.1) is 0 Å². The number of rotatable bonds is 3. The standard InChI is InChI=1S/C24H17F/c25-21-13-5-16(6-14-21)4-7-17-8-9-20-11-10-18-2-1-3-19-12-15-22(17)24(20)23(18)19/h1-3,5-6,8-15H,4,7H2. The highest BCUT2D eigenvalue weighted by molar-refractivity contribution is 6.23. The van der Waals surface area contributed by atoms with E-state index in [4.69, 9.17) is 0 Å². The molecule has 0 heterocycles. The molecule has 0 aliphatic carbocycles. The Morgan fingerprint density at radius 1 is 0.560 bits per heavy atom. The normalized spacial score (nSPS) is 11.7. The third-order valence-corrected chi connectivity index (χ3v) is 5.22. The molecule has 0 bridgehead atoms. The summed E-state index contributed by atoms with van der Waals surface area (Å²) >= 11 is 0. The van der Waals surface area contributed by atoms with Crippen LogP contribution in [0.5, 0.6) is 0 Å². The first-order valence-electron chi connectivity index (χ1n) is 8.69. The molecule has 120 valence electrons. The first-order chi connectivity index (χ1) is 12.3. The second-order valence-electron chi connectivity index (χ2n) is 6.71. The number of halogens is 1. The van der Waals surface area contributed by atoms with Gasteiger partial charge in [0.15, 0.2) is 0 Å². The maximum absolute atomic E-state index is 13.1. The lowest BCUT2D eigenvalue weighted by atomic mass is 9.90. The van der Waals surface area contributed by atoms with E-state index in [1.165, 1.54) is 43.4 Å². The van der Waals surface area contributed by atoms with Crippen LogP contribution in [0.25, 0.3) is 32.3 Å². The van der Waals surface area contributed by atoms with Gasteiger partial charge in [-0.1, -0.05) is 66.7 Å². The molecule has 0 fully saturated rings. The van der Waals surface area contributed by atoms with E-state index in [0.29, 0.717) is 0 Å². The lowest BCUT2D eigenvalue weighted by Crippen LogP contribution is -1.94. The molecule has 5 rings (SSSR count). The smallest absolute Gasteiger partial charge is 0.123 e. The Bertz CT molecular complexity index is 1170. The first kappa shape index (κ1) is 14.4. The lowest BCUT2D eigenvalue weighted by Gasteiger charge is -2.14. The Kier molecular flexibility index (Phi) is 3.21. The summed E-state index contributed by atoms with van der Waals surface area (Å²) in [5, 5.41) is 7.96. The molecular weight excluding hydrogens is 307 g/mol. The molecule has 5 aromatic rings. The predicted molar refractivity (Wildman–Crippen MR) is 104 cm³/mol. The maximum atomic E-state index is 13.1. The molecule has 0 aliphatic heterocycles. The van der Waals surface area contributed by atoms with Gasteiger partial charge >= 0.3 is 0 Å². The van der Waals surface area contributed by atoms with Crippen molar-refractivity contribution in [3.05, 3.63) is 95.8 Å². The van der Waals surface area contributed by atoms with Crippen LogP contribution in [-0.4, -0.2) is 0 Å².